The van der Waals surface area contributed by atoms with Crippen LogP contribution in [-0.2, 0) is 4.79 Å². The summed E-state index contributed by atoms with van der Waals surface area (Å²) in [5.41, 5.74) is 0.331. The molecule has 0 spiro atoms. The van der Waals surface area contributed by atoms with Gasteiger partial charge in [-0.25, -0.2) is 0 Å². The zero-order chi connectivity index (χ0) is 14.8. The Morgan fingerprint density at radius 2 is 1.75 bits per heavy atom. The quantitative estimate of drug-likeness (QED) is 0.860. The molecule has 1 saturated carbocycles. The minimum Gasteiger partial charge on any atom is -0.352 e. The predicted molar refractivity (Wildman–Crippen MR) is 79.5 cm³/mol. The molecular formula is C17H23NO2. The van der Waals surface area contributed by atoms with Crippen molar-refractivity contribution in [3.05, 3.63) is 35.9 Å². The van der Waals surface area contributed by atoms with E-state index in [1.807, 2.05) is 51.1 Å². The van der Waals surface area contributed by atoms with Crippen molar-refractivity contribution in [2.24, 2.45) is 11.3 Å². The highest BCUT2D eigenvalue weighted by molar-refractivity contribution is 5.98. The molecule has 108 valence electrons. The van der Waals surface area contributed by atoms with Crippen molar-refractivity contribution in [1.29, 1.82) is 0 Å². The molecule has 0 radical (unpaired) electrons. The van der Waals surface area contributed by atoms with Gasteiger partial charge in [0.2, 0.25) is 5.91 Å². The first-order valence-electron chi connectivity index (χ1n) is 7.30. The largest absolute Gasteiger partial charge is 0.352 e. The van der Waals surface area contributed by atoms with Gasteiger partial charge in [-0.1, -0.05) is 57.5 Å². The molecule has 1 amide bonds. The summed E-state index contributed by atoms with van der Waals surface area (Å²) in [6.07, 6.45) is 2.76. The van der Waals surface area contributed by atoms with Crippen LogP contribution in [0, 0.1) is 11.3 Å². The number of amides is 1. The van der Waals surface area contributed by atoms with Gasteiger partial charge in [-0.15, -0.1) is 0 Å². The number of carbonyl (C=O) groups excluding carboxylic acids is 2. The van der Waals surface area contributed by atoms with E-state index in [4.69, 9.17) is 0 Å². The smallest absolute Gasteiger partial charge is 0.225 e. The van der Waals surface area contributed by atoms with E-state index in [0.29, 0.717) is 0 Å². The Bertz CT molecular complexity index is 487. The molecule has 1 fully saturated rings. The van der Waals surface area contributed by atoms with Crippen molar-refractivity contribution in [2.75, 3.05) is 0 Å². The maximum atomic E-state index is 12.5. The minimum atomic E-state index is -0.414. The first-order chi connectivity index (χ1) is 9.39. The molecule has 1 aliphatic carbocycles. The van der Waals surface area contributed by atoms with Gasteiger partial charge >= 0.3 is 0 Å². The van der Waals surface area contributed by atoms with E-state index >= 15 is 0 Å². The van der Waals surface area contributed by atoms with Gasteiger partial charge in [0, 0.05) is 22.9 Å². The van der Waals surface area contributed by atoms with E-state index in [-0.39, 0.29) is 23.7 Å². The molecule has 1 aromatic carbocycles. The molecular weight excluding hydrogens is 250 g/mol. The third-order valence-corrected chi connectivity index (χ3v) is 3.91. The third-order valence-electron chi connectivity index (χ3n) is 3.91. The van der Waals surface area contributed by atoms with Crippen LogP contribution in [0.5, 0.6) is 0 Å². The number of benzene rings is 1. The molecule has 20 heavy (non-hydrogen) atoms. The van der Waals surface area contributed by atoms with E-state index < -0.39 is 5.41 Å². The number of hydrogen-bond donors (Lipinski definition) is 1. The van der Waals surface area contributed by atoms with Gasteiger partial charge in [-0.05, 0) is 12.8 Å². The van der Waals surface area contributed by atoms with Crippen LogP contribution in [0.1, 0.15) is 50.4 Å². The van der Waals surface area contributed by atoms with E-state index in [2.05, 4.69) is 5.32 Å². The topological polar surface area (TPSA) is 46.2 Å². The summed E-state index contributed by atoms with van der Waals surface area (Å²) >= 11 is 0. The monoisotopic (exact) mass is 273 g/mol. The van der Waals surface area contributed by atoms with Crippen molar-refractivity contribution >= 4 is 11.7 Å². The maximum Gasteiger partial charge on any atom is 0.225 e. The van der Waals surface area contributed by atoms with Crippen LogP contribution in [-0.4, -0.2) is 17.7 Å². The lowest BCUT2D eigenvalue weighted by molar-refractivity contribution is -0.129. The lowest BCUT2D eigenvalue weighted by Gasteiger charge is -2.25. The van der Waals surface area contributed by atoms with Crippen LogP contribution in [0.3, 0.4) is 0 Å². The first-order valence-corrected chi connectivity index (χ1v) is 7.30. The van der Waals surface area contributed by atoms with Crippen LogP contribution in [0.2, 0.25) is 0 Å². The Labute approximate surface area is 120 Å². The molecule has 1 N–H and O–H groups in total. The molecule has 1 aliphatic rings. The van der Waals surface area contributed by atoms with Gasteiger partial charge in [0.1, 0.15) is 0 Å². The highest BCUT2D eigenvalue weighted by Crippen LogP contribution is 2.29. The van der Waals surface area contributed by atoms with Crippen LogP contribution in [0.15, 0.2) is 30.3 Å². The number of ketones is 1. The number of carbonyl (C=O) groups is 2. The fraction of sp³-hybridized carbons (Fsp3) is 0.529. The molecule has 3 nitrogen and oxygen atoms in total. The Hall–Kier alpha value is -1.64. The zero-order valence-electron chi connectivity index (χ0n) is 12.5. The summed E-state index contributed by atoms with van der Waals surface area (Å²) in [6.45, 7) is 5.68. The van der Waals surface area contributed by atoms with E-state index in [1.165, 1.54) is 0 Å². The Kier molecular flexibility index (Phi) is 4.26. The molecule has 0 aromatic heterocycles. The minimum absolute atomic E-state index is 0.0190. The fourth-order valence-corrected chi connectivity index (χ4v) is 2.65. The summed E-state index contributed by atoms with van der Waals surface area (Å²) < 4.78 is 0. The molecule has 3 heteroatoms. The number of rotatable bonds is 3. The number of nitrogens with one attached hydrogen (secondary N) is 1. The van der Waals surface area contributed by atoms with Gasteiger partial charge in [-0.3, -0.25) is 9.59 Å². The van der Waals surface area contributed by atoms with Gasteiger partial charge < -0.3 is 5.32 Å². The highest BCUT2D eigenvalue weighted by atomic mass is 16.2. The van der Waals surface area contributed by atoms with Crippen LogP contribution in [0.25, 0.3) is 0 Å². The second-order valence-corrected chi connectivity index (χ2v) is 6.60. The number of Topliss-reactive ketones (excluding diaryl/α,β-unsaturated/α-hetero) is 1. The zero-order valence-corrected chi connectivity index (χ0v) is 12.5. The van der Waals surface area contributed by atoms with Crippen molar-refractivity contribution < 1.29 is 9.59 Å². The van der Waals surface area contributed by atoms with Gasteiger partial charge in [-0.2, -0.15) is 0 Å². The van der Waals surface area contributed by atoms with Crippen LogP contribution in [0.4, 0.5) is 0 Å². The lowest BCUT2D eigenvalue weighted by Crippen LogP contribution is -2.45. The molecule has 0 aliphatic heterocycles. The van der Waals surface area contributed by atoms with E-state index in [1.54, 1.807) is 0 Å². The summed E-state index contributed by atoms with van der Waals surface area (Å²) in [7, 11) is 0. The van der Waals surface area contributed by atoms with Crippen molar-refractivity contribution in [3.63, 3.8) is 0 Å². The SMILES string of the molecule is CC(C)(C)C(=O)NC1CCCC1C(=O)c1ccccc1. The Morgan fingerprint density at radius 3 is 2.35 bits per heavy atom. The van der Waals surface area contributed by atoms with Crippen LogP contribution >= 0.6 is 0 Å². The molecule has 2 unspecified atom stereocenters. The summed E-state index contributed by atoms with van der Waals surface area (Å²) in [5.74, 6) is 0.0984. The first kappa shape index (κ1) is 14.8. The third kappa shape index (κ3) is 3.27. The molecule has 2 atom stereocenters. The molecule has 0 bridgehead atoms. The van der Waals surface area contributed by atoms with Gasteiger partial charge in [0.05, 0.1) is 0 Å². The number of hydrogen-bond acceptors (Lipinski definition) is 2. The molecule has 0 saturated heterocycles. The van der Waals surface area contributed by atoms with Crippen molar-refractivity contribution in [3.8, 4) is 0 Å². The van der Waals surface area contributed by atoms with Crippen LogP contribution < -0.4 is 5.32 Å². The molecule has 1 aromatic rings. The Balaban J connectivity index is 2.08. The van der Waals surface area contributed by atoms with Gasteiger partial charge in [0.25, 0.3) is 0 Å². The maximum absolute atomic E-state index is 12.5. The second kappa shape index (κ2) is 5.78. The van der Waals surface area contributed by atoms with E-state index in [0.717, 1.165) is 24.8 Å². The summed E-state index contributed by atoms with van der Waals surface area (Å²) in [5, 5.41) is 3.06. The highest BCUT2D eigenvalue weighted by Gasteiger charge is 2.36. The summed E-state index contributed by atoms with van der Waals surface area (Å²) in [4.78, 5) is 24.6. The predicted octanol–water partition coefficient (Wildman–Crippen LogP) is 3.20. The average molecular weight is 273 g/mol. The lowest BCUT2D eigenvalue weighted by atomic mass is 9.90. The molecule has 2 rings (SSSR count). The Morgan fingerprint density at radius 1 is 1.10 bits per heavy atom. The van der Waals surface area contributed by atoms with Crippen molar-refractivity contribution in [1.82, 2.24) is 5.32 Å². The van der Waals surface area contributed by atoms with Crippen molar-refractivity contribution in [2.45, 2.75) is 46.1 Å². The molecule has 0 heterocycles. The normalized spacial score (nSPS) is 22.6. The fourth-order valence-electron chi connectivity index (χ4n) is 2.65. The second-order valence-electron chi connectivity index (χ2n) is 6.60. The average Bonchev–Trinajstić information content (AvgIpc) is 2.86. The van der Waals surface area contributed by atoms with E-state index in [9.17, 15) is 9.59 Å². The standard InChI is InChI=1S/C17H23NO2/c1-17(2,3)16(20)18-14-11-7-10-13(14)15(19)12-8-5-4-6-9-12/h4-6,8-9,13-14H,7,10-11H2,1-3H3,(H,18,20). The van der Waals surface area contributed by atoms with Gasteiger partial charge in [0.15, 0.2) is 5.78 Å². The summed E-state index contributed by atoms with van der Waals surface area (Å²) in [6, 6.07) is 9.35.